The standard InChI is InChI=1S/C14H9Cl2N3/c15-11-6-14(12(16)5-13(11)18)19-8-10-3-1-9(7-17)2-4-10/h1-6,8H,18H2. The first-order valence-electron chi connectivity index (χ1n) is 5.39. The Hall–Kier alpha value is -2.02. The summed E-state index contributed by atoms with van der Waals surface area (Å²) in [5.74, 6) is 0. The van der Waals surface area contributed by atoms with Crippen molar-refractivity contribution in [3.05, 3.63) is 57.6 Å². The molecule has 0 radical (unpaired) electrons. The number of hydrogen-bond donors (Lipinski definition) is 1. The second kappa shape index (κ2) is 5.75. The van der Waals surface area contributed by atoms with Gasteiger partial charge in [-0.1, -0.05) is 35.3 Å². The van der Waals surface area contributed by atoms with Crippen molar-refractivity contribution < 1.29 is 0 Å². The number of anilines is 1. The summed E-state index contributed by atoms with van der Waals surface area (Å²) >= 11 is 11.9. The lowest BCUT2D eigenvalue weighted by Crippen LogP contribution is -1.86. The molecule has 0 spiro atoms. The van der Waals surface area contributed by atoms with E-state index in [0.717, 1.165) is 5.56 Å². The highest BCUT2D eigenvalue weighted by Crippen LogP contribution is 2.32. The van der Waals surface area contributed by atoms with Crippen LogP contribution in [0, 0.1) is 11.3 Å². The van der Waals surface area contributed by atoms with Gasteiger partial charge in [-0.15, -0.1) is 0 Å². The van der Waals surface area contributed by atoms with E-state index in [9.17, 15) is 0 Å². The van der Waals surface area contributed by atoms with Crippen LogP contribution in [-0.4, -0.2) is 6.21 Å². The summed E-state index contributed by atoms with van der Waals surface area (Å²) in [5, 5.41) is 9.55. The van der Waals surface area contributed by atoms with Crippen molar-refractivity contribution >= 4 is 40.8 Å². The molecule has 0 bridgehead atoms. The molecule has 2 rings (SSSR count). The van der Waals surface area contributed by atoms with E-state index >= 15 is 0 Å². The quantitative estimate of drug-likeness (QED) is 0.665. The summed E-state index contributed by atoms with van der Waals surface area (Å²) in [4.78, 5) is 4.25. The summed E-state index contributed by atoms with van der Waals surface area (Å²) in [6, 6.07) is 12.3. The third-order valence-corrected chi connectivity index (χ3v) is 3.09. The zero-order valence-corrected chi connectivity index (χ0v) is 11.3. The molecular formula is C14H9Cl2N3. The third kappa shape index (κ3) is 3.25. The average molecular weight is 290 g/mol. The lowest BCUT2D eigenvalue weighted by atomic mass is 10.2. The van der Waals surface area contributed by atoms with Gasteiger partial charge in [0.05, 0.1) is 33.1 Å². The van der Waals surface area contributed by atoms with Crippen LogP contribution in [0.2, 0.25) is 10.0 Å². The minimum absolute atomic E-state index is 0.413. The first-order chi connectivity index (χ1) is 9.10. The van der Waals surface area contributed by atoms with Crippen molar-refractivity contribution in [2.45, 2.75) is 0 Å². The van der Waals surface area contributed by atoms with Gasteiger partial charge in [-0.05, 0) is 29.8 Å². The molecule has 0 saturated carbocycles. The van der Waals surface area contributed by atoms with Gasteiger partial charge in [0, 0.05) is 6.21 Å². The van der Waals surface area contributed by atoms with Gasteiger partial charge in [0.2, 0.25) is 0 Å². The minimum Gasteiger partial charge on any atom is -0.397 e. The molecule has 0 amide bonds. The zero-order chi connectivity index (χ0) is 13.8. The van der Waals surface area contributed by atoms with E-state index in [4.69, 9.17) is 34.2 Å². The number of rotatable bonds is 2. The summed E-state index contributed by atoms with van der Waals surface area (Å²) < 4.78 is 0. The van der Waals surface area contributed by atoms with Gasteiger partial charge in [-0.25, -0.2) is 0 Å². The minimum atomic E-state index is 0.413. The highest BCUT2D eigenvalue weighted by molar-refractivity contribution is 6.36. The summed E-state index contributed by atoms with van der Waals surface area (Å²) in [5.41, 5.74) is 8.06. The molecule has 0 aliphatic rings. The number of aliphatic imine (C=N–C) groups is 1. The maximum Gasteiger partial charge on any atom is 0.0991 e. The Labute approximate surface area is 120 Å². The molecule has 0 aliphatic heterocycles. The molecule has 0 unspecified atom stereocenters. The Bertz CT molecular complexity index is 670. The molecule has 2 aromatic carbocycles. The van der Waals surface area contributed by atoms with E-state index in [2.05, 4.69) is 11.1 Å². The van der Waals surface area contributed by atoms with Crippen LogP contribution in [0.15, 0.2) is 41.4 Å². The van der Waals surface area contributed by atoms with Crippen molar-refractivity contribution in [1.29, 1.82) is 5.26 Å². The van der Waals surface area contributed by atoms with Gasteiger partial charge in [0.15, 0.2) is 0 Å². The summed E-state index contributed by atoms with van der Waals surface area (Å²) in [7, 11) is 0. The molecule has 19 heavy (non-hydrogen) atoms. The predicted octanol–water partition coefficient (Wildman–Crippen LogP) is 4.20. The van der Waals surface area contributed by atoms with Crippen molar-refractivity contribution in [2.75, 3.05) is 5.73 Å². The van der Waals surface area contributed by atoms with Gasteiger partial charge in [-0.3, -0.25) is 4.99 Å². The molecule has 0 fully saturated rings. The SMILES string of the molecule is N#Cc1ccc(C=Nc2cc(Cl)c(N)cc2Cl)cc1. The Morgan fingerprint density at radius 2 is 1.79 bits per heavy atom. The summed E-state index contributed by atoms with van der Waals surface area (Å²) in [6.07, 6.45) is 1.65. The molecule has 2 aromatic rings. The van der Waals surface area contributed by atoms with Gasteiger partial charge in [0.25, 0.3) is 0 Å². The average Bonchev–Trinajstić information content (AvgIpc) is 2.42. The van der Waals surface area contributed by atoms with Crippen molar-refractivity contribution in [3.8, 4) is 6.07 Å². The smallest absolute Gasteiger partial charge is 0.0991 e. The molecule has 0 saturated heterocycles. The maximum atomic E-state index is 8.70. The van der Waals surface area contributed by atoms with Crippen LogP contribution >= 0.6 is 23.2 Å². The normalized spacial score (nSPS) is 10.6. The largest absolute Gasteiger partial charge is 0.397 e. The van der Waals surface area contributed by atoms with Gasteiger partial charge in [-0.2, -0.15) is 5.26 Å². The molecule has 0 heterocycles. The molecule has 5 heteroatoms. The first-order valence-corrected chi connectivity index (χ1v) is 6.14. The third-order valence-electron chi connectivity index (χ3n) is 2.46. The number of nitrogens with zero attached hydrogens (tertiary/aromatic N) is 2. The Balaban J connectivity index is 2.27. The molecular weight excluding hydrogens is 281 g/mol. The van der Waals surface area contributed by atoms with Crippen molar-refractivity contribution in [1.82, 2.24) is 0 Å². The van der Waals surface area contributed by atoms with Crippen LogP contribution in [0.3, 0.4) is 0 Å². The van der Waals surface area contributed by atoms with Gasteiger partial charge in [0.1, 0.15) is 0 Å². The van der Waals surface area contributed by atoms with Crippen molar-refractivity contribution in [2.24, 2.45) is 4.99 Å². The number of halogens is 2. The highest BCUT2D eigenvalue weighted by atomic mass is 35.5. The van der Waals surface area contributed by atoms with Crippen molar-refractivity contribution in [3.63, 3.8) is 0 Å². The monoisotopic (exact) mass is 289 g/mol. The number of nitrogen functional groups attached to an aromatic ring is 1. The fourth-order valence-corrected chi connectivity index (χ4v) is 1.82. The molecule has 2 N–H and O–H groups in total. The van der Waals surface area contributed by atoms with Crippen LogP contribution in [0.4, 0.5) is 11.4 Å². The highest BCUT2D eigenvalue weighted by Gasteiger charge is 2.03. The molecule has 94 valence electrons. The lowest BCUT2D eigenvalue weighted by Gasteiger charge is -2.02. The molecule has 3 nitrogen and oxygen atoms in total. The van der Waals surface area contributed by atoms with E-state index in [0.29, 0.717) is 27.0 Å². The van der Waals surface area contributed by atoms with E-state index in [1.807, 2.05) is 0 Å². The van der Waals surface area contributed by atoms with E-state index in [-0.39, 0.29) is 0 Å². The second-order valence-electron chi connectivity index (χ2n) is 3.82. The van der Waals surface area contributed by atoms with Gasteiger partial charge >= 0.3 is 0 Å². The fraction of sp³-hybridized carbons (Fsp3) is 0. The second-order valence-corrected chi connectivity index (χ2v) is 4.63. The molecule has 0 aromatic heterocycles. The van der Waals surface area contributed by atoms with Crippen LogP contribution < -0.4 is 5.73 Å². The summed E-state index contributed by atoms with van der Waals surface area (Å²) in [6.45, 7) is 0. The lowest BCUT2D eigenvalue weighted by molar-refractivity contribution is 1.48. The van der Waals surface area contributed by atoms with E-state index < -0.39 is 0 Å². The molecule has 0 atom stereocenters. The zero-order valence-electron chi connectivity index (χ0n) is 9.77. The fourth-order valence-electron chi connectivity index (χ4n) is 1.44. The number of nitrogens with two attached hydrogens (primary N) is 1. The number of hydrogen-bond acceptors (Lipinski definition) is 3. The van der Waals surface area contributed by atoms with Crippen LogP contribution in [0.5, 0.6) is 0 Å². The Morgan fingerprint density at radius 1 is 1.11 bits per heavy atom. The van der Waals surface area contributed by atoms with Crippen LogP contribution in [-0.2, 0) is 0 Å². The van der Waals surface area contributed by atoms with E-state index in [1.54, 1.807) is 42.6 Å². The van der Waals surface area contributed by atoms with E-state index in [1.165, 1.54) is 0 Å². The predicted molar refractivity (Wildman–Crippen MR) is 79.3 cm³/mol. The molecule has 0 aliphatic carbocycles. The first kappa shape index (κ1) is 13.4. The van der Waals surface area contributed by atoms with Crippen LogP contribution in [0.25, 0.3) is 0 Å². The Morgan fingerprint density at radius 3 is 2.42 bits per heavy atom. The van der Waals surface area contributed by atoms with Gasteiger partial charge < -0.3 is 5.73 Å². The van der Waals surface area contributed by atoms with Crippen LogP contribution in [0.1, 0.15) is 11.1 Å². The maximum absolute atomic E-state index is 8.70. The topological polar surface area (TPSA) is 62.2 Å². The number of benzene rings is 2. The number of nitriles is 1. The Kier molecular flexibility index (Phi) is 4.06.